The van der Waals surface area contributed by atoms with E-state index in [-0.39, 0.29) is 0 Å². The summed E-state index contributed by atoms with van der Waals surface area (Å²) >= 11 is 0. The monoisotopic (exact) mass is 278 g/mol. The highest BCUT2D eigenvalue weighted by atomic mass is 16.5. The SMILES string of the molecule is COC(=O)c1nnn(CC2CC3CCC2C3)c1CCN. The number of carbonyl (C=O) groups is 1. The van der Waals surface area contributed by atoms with E-state index in [0.717, 1.165) is 24.1 Å². The van der Waals surface area contributed by atoms with Crippen molar-refractivity contribution in [2.75, 3.05) is 13.7 Å². The van der Waals surface area contributed by atoms with E-state index in [0.29, 0.717) is 24.6 Å². The van der Waals surface area contributed by atoms with Crippen molar-refractivity contribution in [2.45, 2.75) is 38.6 Å². The number of carbonyl (C=O) groups excluding carboxylic acids is 1. The van der Waals surface area contributed by atoms with Gasteiger partial charge in [-0.3, -0.25) is 0 Å². The van der Waals surface area contributed by atoms with Gasteiger partial charge in [0, 0.05) is 13.0 Å². The molecule has 0 spiro atoms. The summed E-state index contributed by atoms with van der Waals surface area (Å²) < 4.78 is 6.64. The van der Waals surface area contributed by atoms with E-state index < -0.39 is 5.97 Å². The van der Waals surface area contributed by atoms with Gasteiger partial charge in [0.2, 0.25) is 0 Å². The molecule has 0 aliphatic heterocycles. The summed E-state index contributed by atoms with van der Waals surface area (Å²) in [6, 6.07) is 0. The third-order valence-electron chi connectivity index (χ3n) is 4.89. The van der Waals surface area contributed by atoms with Crippen molar-refractivity contribution in [3.8, 4) is 0 Å². The number of rotatable bonds is 5. The Labute approximate surface area is 118 Å². The molecule has 1 heterocycles. The van der Waals surface area contributed by atoms with Crippen molar-refractivity contribution in [3.63, 3.8) is 0 Å². The summed E-state index contributed by atoms with van der Waals surface area (Å²) in [5.74, 6) is 1.99. The number of hydrogen-bond donors (Lipinski definition) is 1. The van der Waals surface area contributed by atoms with Crippen LogP contribution in [0, 0.1) is 17.8 Å². The third kappa shape index (κ3) is 2.32. The van der Waals surface area contributed by atoms with Crippen LogP contribution in [0.25, 0.3) is 0 Å². The molecular weight excluding hydrogens is 256 g/mol. The fourth-order valence-electron chi connectivity index (χ4n) is 3.94. The normalized spacial score (nSPS) is 28.0. The molecule has 20 heavy (non-hydrogen) atoms. The largest absolute Gasteiger partial charge is 0.464 e. The van der Waals surface area contributed by atoms with Crippen LogP contribution in [0.5, 0.6) is 0 Å². The lowest BCUT2D eigenvalue weighted by molar-refractivity contribution is 0.0592. The van der Waals surface area contributed by atoms with Gasteiger partial charge in [0.15, 0.2) is 5.69 Å². The molecule has 6 heteroatoms. The smallest absolute Gasteiger partial charge is 0.360 e. The summed E-state index contributed by atoms with van der Waals surface area (Å²) in [4.78, 5) is 11.7. The first-order valence-electron chi connectivity index (χ1n) is 7.43. The van der Waals surface area contributed by atoms with E-state index in [4.69, 9.17) is 10.5 Å². The second-order valence-corrected chi connectivity index (χ2v) is 6.03. The molecule has 0 aromatic carbocycles. The highest BCUT2D eigenvalue weighted by molar-refractivity contribution is 5.88. The molecule has 1 aromatic heterocycles. The maximum Gasteiger partial charge on any atom is 0.360 e. The number of nitrogens with two attached hydrogens (primary N) is 1. The van der Waals surface area contributed by atoms with Gasteiger partial charge < -0.3 is 10.5 Å². The fourth-order valence-corrected chi connectivity index (χ4v) is 3.94. The molecule has 3 atom stereocenters. The van der Waals surface area contributed by atoms with Crippen LogP contribution in [0.4, 0.5) is 0 Å². The van der Waals surface area contributed by atoms with Crippen molar-refractivity contribution in [1.29, 1.82) is 0 Å². The van der Waals surface area contributed by atoms with Crippen LogP contribution in [0.15, 0.2) is 0 Å². The van der Waals surface area contributed by atoms with E-state index in [9.17, 15) is 4.79 Å². The minimum Gasteiger partial charge on any atom is -0.464 e. The number of methoxy groups -OCH3 is 1. The molecule has 2 aliphatic carbocycles. The Morgan fingerprint density at radius 2 is 2.30 bits per heavy atom. The molecule has 0 saturated heterocycles. The van der Waals surface area contributed by atoms with Crippen LogP contribution < -0.4 is 5.73 Å². The van der Waals surface area contributed by atoms with Gasteiger partial charge >= 0.3 is 5.97 Å². The highest BCUT2D eigenvalue weighted by Gasteiger charge is 2.40. The highest BCUT2D eigenvalue weighted by Crippen LogP contribution is 2.48. The zero-order valence-corrected chi connectivity index (χ0v) is 11.9. The number of ether oxygens (including phenoxy) is 1. The molecule has 2 N–H and O–H groups in total. The quantitative estimate of drug-likeness (QED) is 0.812. The van der Waals surface area contributed by atoms with E-state index in [2.05, 4.69) is 10.3 Å². The van der Waals surface area contributed by atoms with Crippen LogP contribution in [-0.4, -0.2) is 34.6 Å². The number of fused-ring (bicyclic) bond motifs is 2. The molecule has 3 unspecified atom stereocenters. The lowest BCUT2D eigenvalue weighted by atomic mass is 9.89. The molecule has 2 aliphatic rings. The number of hydrogen-bond acceptors (Lipinski definition) is 5. The second-order valence-electron chi connectivity index (χ2n) is 6.03. The van der Waals surface area contributed by atoms with Crippen molar-refractivity contribution in [2.24, 2.45) is 23.5 Å². The summed E-state index contributed by atoms with van der Waals surface area (Å²) in [5.41, 5.74) is 6.79. The fraction of sp³-hybridized carbons (Fsp3) is 0.786. The average molecular weight is 278 g/mol. The first-order chi connectivity index (χ1) is 9.72. The predicted molar refractivity (Wildman–Crippen MR) is 73.1 cm³/mol. The lowest BCUT2D eigenvalue weighted by Crippen LogP contribution is -2.21. The first kappa shape index (κ1) is 13.5. The zero-order chi connectivity index (χ0) is 14.1. The van der Waals surface area contributed by atoms with Gasteiger partial charge in [-0.2, -0.15) is 0 Å². The van der Waals surface area contributed by atoms with E-state index in [1.165, 1.54) is 32.8 Å². The van der Waals surface area contributed by atoms with Crippen LogP contribution in [0.3, 0.4) is 0 Å². The Balaban J connectivity index is 1.78. The maximum absolute atomic E-state index is 11.7. The predicted octanol–water partition coefficient (Wildman–Crippen LogP) is 1.00. The Bertz CT molecular complexity index is 499. The van der Waals surface area contributed by atoms with Crippen molar-refractivity contribution < 1.29 is 9.53 Å². The van der Waals surface area contributed by atoms with Crippen molar-refractivity contribution in [3.05, 3.63) is 11.4 Å². The Hall–Kier alpha value is -1.43. The van der Waals surface area contributed by atoms with Gasteiger partial charge in [-0.05, 0) is 43.6 Å². The molecule has 2 bridgehead atoms. The average Bonchev–Trinajstić information content (AvgIpc) is 3.15. The van der Waals surface area contributed by atoms with Crippen LogP contribution in [0.2, 0.25) is 0 Å². The molecule has 0 radical (unpaired) electrons. The number of aromatic nitrogens is 3. The first-order valence-corrected chi connectivity index (χ1v) is 7.43. The van der Waals surface area contributed by atoms with Crippen molar-refractivity contribution in [1.82, 2.24) is 15.0 Å². The molecule has 110 valence electrons. The van der Waals surface area contributed by atoms with Gasteiger partial charge in [-0.1, -0.05) is 11.6 Å². The standard InChI is InChI=1S/C14H22N4O2/c1-20-14(19)13-12(4-5-15)18(17-16-13)8-11-7-9-2-3-10(11)6-9/h9-11H,2-8,15H2,1H3. The maximum atomic E-state index is 11.7. The van der Waals surface area contributed by atoms with Crippen LogP contribution in [-0.2, 0) is 17.7 Å². The molecule has 0 amide bonds. The summed E-state index contributed by atoms with van der Waals surface area (Å²) in [5, 5.41) is 8.15. The van der Waals surface area contributed by atoms with Gasteiger partial charge in [-0.25, -0.2) is 9.48 Å². The number of esters is 1. The minimum absolute atomic E-state index is 0.320. The molecule has 2 saturated carbocycles. The topological polar surface area (TPSA) is 83.0 Å². The molecule has 2 fully saturated rings. The van der Waals surface area contributed by atoms with E-state index in [1.54, 1.807) is 0 Å². The lowest BCUT2D eigenvalue weighted by Gasteiger charge is -2.22. The van der Waals surface area contributed by atoms with Gasteiger partial charge in [0.05, 0.1) is 12.8 Å². The minimum atomic E-state index is -0.423. The Kier molecular flexibility index (Phi) is 3.74. The zero-order valence-electron chi connectivity index (χ0n) is 11.9. The van der Waals surface area contributed by atoms with Crippen LogP contribution >= 0.6 is 0 Å². The summed E-state index contributed by atoms with van der Waals surface area (Å²) in [7, 11) is 1.36. The molecule has 1 aromatic rings. The third-order valence-corrected chi connectivity index (χ3v) is 4.89. The summed E-state index contributed by atoms with van der Waals surface area (Å²) in [6.07, 6.45) is 6.01. The Morgan fingerprint density at radius 3 is 2.90 bits per heavy atom. The van der Waals surface area contributed by atoms with Crippen LogP contribution in [0.1, 0.15) is 41.9 Å². The van der Waals surface area contributed by atoms with Crippen molar-refractivity contribution >= 4 is 5.97 Å². The molecule has 3 rings (SSSR count). The van der Waals surface area contributed by atoms with Gasteiger partial charge in [0.1, 0.15) is 0 Å². The molecule has 6 nitrogen and oxygen atoms in total. The summed E-state index contributed by atoms with van der Waals surface area (Å²) in [6.45, 7) is 1.34. The molecular formula is C14H22N4O2. The Morgan fingerprint density at radius 1 is 1.45 bits per heavy atom. The van der Waals surface area contributed by atoms with E-state index in [1.807, 2.05) is 4.68 Å². The van der Waals surface area contributed by atoms with Gasteiger partial charge in [-0.15, -0.1) is 5.10 Å². The van der Waals surface area contributed by atoms with Gasteiger partial charge in [0.25, 0.3) is 0 Å². The number of nitrogens with zero attached hydrogens (tertiary/aromatic N) is 3. The second kappa shape index (κ2) is 5.52. The van der Waals surface area contributed by atoms with E-state index >= 15 is 0 Å².